The number of hydrazone groups is 1. The molecule has 1 heterocycles. The van der Waals surface area contributed by atoms with Gasteiger partial charge in [0, 0.05) is 12.8 Å². The van der Waals surface area contributed by atoms with Gasteiger partial charge in [-0.1, -0.05) is 26.0 Å². The summed E-state index contributed by atoms with van der Waals surface area (Å²) in [6.07, 6.45) is 2.35. The van der Waals surface area contributed by atoms with E-state index in [0.717, 1.165) is 23.4 Å². The minimum absolute atomic E-state index is 0.0516. The van der Waals surface area contributed by atoms with Crippen LogP contribution in [0.15, 0.2) is 29.4 Å². The Morgan fingerprint density at radius 1 is 1.43 bits per heavy atom. The molecular weight excluding hydrogens is 264 g/mol. The van der Waals surface area contributed by atoms with Crippen molar-refractivity contribution in [1.29, 1.82) is 0 Å². The Morgan fingerprint density at radius 2 is 2.24 bits per heavy atom. The first-order valence-corrected chi connectivity index (χ1v) is 7.46. The molecule has 1 N–H and O–H groups in total. The second-order valence-corrected chi connectivity index (χ2v) is 6.86. The van der Waals surface area contributed by atoms with Crippen LogP contribution >= 0.6 is 0 Å². The van der Waals surface area contributed by atoms with Crippen LogP contribution in [-0.2, 0) is 11.2 Å². The number of ketones is 1. The van der Waals surface area contributed by atoms with Gasteiger partial charge in [0.15, 0.2) is 0 Å². The Balaban J connectivity index is 1.77. The van der Waals surface area contributed by atoms with E-state index in [4.69, 9.17) is 4.74 Å². The smallest absolute Gasteiger partial charge is 0.144 e. The second kappa shape index (κ2) is 5.17. The highest BCUT2D eigenvalue weighted by Gasteiger charge is 2.45. The first-order valence-electron chi connectivity index (χ1n) is 7.46. The van der Waals surface area contributed by atoms with Crippen molar-refractivity contribution in [3.63, 3.8) is 0 Å². The maximum absolute atomic E-state index is 12.5. The van der Waals surface area contributed by atoms with Gasteiger partial charge in [-0.25, -0.2) is 0 Å². The molecule has 112 valence electrons. The van der Waals surface area contributed by atoms with Crippen molar-refractivity contribution in [3.8, 4) is 5.75 Å². The number of nitrogens with zero attached hydrogens (tertiary/aromatic N) is 1. The summed E-state index contributed by atoms with van der Waals surface area (Å²) in [5.41, 5.74) is 5.35. The number of nitrogens with one attached hydrogen (secondary N) is 1. The van der Waals surface area contributed by atoms with Crippen LogP contribution in [0, 0.1) is 11.3 Å². The Labute approximate surface area is 125 Å². The largest absolute Gasteiger partial charge is 0.497 e. The number of carbonyl (C=O) groups is 1. The summed E-state index contributed by atoms with van der Waals surface area (Å²) >= 11 is 0. The number of hydrogen-bond acceptors (Lipinski definition) is 4. The molecule has 0 aromatic heterocycles. The van der Waals surface area contributed by atoms with Crippen LogP contribution in [0.3, 0.4) is 0 Å². The molecule has 2 aliphatic rings. The fourth-order valence-electron chi connectivity index (χ4n) is 3.51. The van der Waals surface area contributed by atoms with E-state index in [2.05, 4.69) is 30.4 Å². The molecule has 4 nitrogen and oxygen atoms in total. The molecule has 1 aliphatic heterocycles. The van der Waals surface area contributed by atoms with Crippen LogP contribution in [0.2, 0.25) is 0 Å². The first kappa shape index (κ1) is 14.1. The lowest BCUT2D eigenvalue weighted by molar-refractivity contribution is -0.126. The van der Waals surface area contributed by atoms with E-state index in [1.807, 2.05) is 18.2 Å². The summed E-state index contributed by atoms with van der Waals surface area (Å²) in [4.78, 5) is 12.5. The highest BCUT2D eigenvalue weighted by molar-refractivity contribution is 6.08. The standard InChI is InChI=1S/C17H22N2O2/c1-17(2)9-14-16(15(20)10-17)13(18-19-14)8-11-5-4-6-12(7-11)21-3/h4-7,14,16,19H,8-10H2,1-3H3/t14-,16+/m0/s1. The molecule has 1 aliphatic carbocycles. The fourth-order valence-corrected chi connectivity index (χ4v) is 3.51. The molecule has 0 spiro atoms. The highest BCUT2D eigenvalue weighted by atomic mass is 16.5. The molecule has 0 radical (unpaired) electrons. The van der Waals surface area contributed by atoms with Crippen LogP contribution in [0.4, 0.5) is 0 Å². The number of Topliss-reactive ketones (excluding diaryl/α,β-unsaturated/α-hetero) is 1. The molecule has 0 bridgehead atoms. The maximum atomic E-state index is 12.5. The summed E-state index contributed by atoms with van der Waals surface area (Å²) < 4.78 is 5.25. The van der Waals surface area contributed by atoms with Gasteiger partial charge in [0.05, 0.1) is 24.8 Å². The Bertz CT molecular complexity index is 592. The lowest BCUT2D eigenvalue weighted by atomic mass is 9.68. The normalized spacial score (nSPS) is 26.8. The van der Waals surface area contributed by atoms with Gasteiger partial charge in [-0.3, -0.25) is 4.79 Å². The number of carbonyl (C=O) groups excluding carboxylic acids is 1. The molecule has 2 atom stereocenters. The van der Waals surface area contributed by atoms with Crippen LogP contribution in [0.25, 0.3) is 0 Å². The number of fused-ring (bicyclic) bond motifs is 1. The van der Waals surface area contributed by atoms with Crippen molar-refractivity contribution < 1.29 is 9.53 Å². The summed E-state index contributed by atoms with van der Waals surface area (Å²) in [6.45, 7) is 4.31. The predicted molar refractivity (Wildman–Crippen MR) is 82.6 cm³/mol. The zero-order valence-electron chi connectivity index (χ0n) is 12.8. The van der Waals surface area contributed by atoms with E-state index in [1.54, 1.807) is 7.11 Å². The molecule has 1 saturated carbocycles. The molecule has 0 amide bonds. The third-order valence-electron chi connectivity index (χ3n) is 4.43. The number of hydrogen-bond donors (Lipinski definition) is 1. The molecule has 1 aromatic carbocycles. The molecule has 4 heteroatoms. The SMILES string of the molecule is COc1cccc(CC2=NN[C@H]3CC(C)(C)CC(=O)[C@H]23)c1. The van der Waals surface area contributed by atoms with Crippen molar-refractivity contribution in [2.75, 3.05) is 7.11 Å². The van der Waals surface area contributed by atoms with Gasteiger partial charge >= 0.3 is 0 Å². The first-order chi connectivity index (χ1) is 9.98. The molecule has 0 unspecified atom stereocenters. The lowest BCUT2D eigenvalue weighted by Crippen LogP contribution is -2.45. The third kappa shape index (κ3) is 2.80. The van der Waals surface area contributed by atoms with Crippen LogP contribution in [-0.4, -0.2) is 24.6 Å². The predicted octanol–water partition coefficient (Wildman–Crippen LogP) is 2.57. The average Bonchev–Trinajstić information content (AvgIpc) is 2.80. The highest BCUT2D eigenvalue weighted by Crippen LogP contribution is 2.39. The average molecular weight is 286 g/mol. The van der Waals surface area contributed by atoms with E-state index in [1.165, 1.54) is 0 Å². The van der Waals surface area contributed by atoms with Gasteiger partial charge < -0.3 is 10.2 Å². The quantitative estimate of drug-likeness (QED) is 0.929. The molecule has 1 fully saturated rings. The van der Waals surface area contributed by atoms with E-state index in [9.17, 15) is 4.79 Å². The minimum atomic E-state index is -0.0516. The van der Waals surface area contributed by atoms with Gasteiger partial charge in [0.25, 0.3) is 0 Å². The second-order valence-electron chi connectivity index (χ2n) is 6.86. The molecule has 1 aromatic rings. The van der Waals surface area contributed by atoms with Crippen LogP contribution < -0.4 is 10.2 Å². The minimum Gasteiger partial charge on any atom is -0.497 e. The summed E-state index contributed by atoms with van der Waals surface area (Å²) in [7, 11) is 1.66. The summed E-state index contributed by atoms with van der Waals surface area (Å²) in [6, 6.07) is 8.13. The zero-order chi connectivity index (χ0) is 15.0. The van der Waals surface area contributed by atoms with Gasteiger partial charge in [0.2, 0.25) is 0 Å². The van der Waals surface area contributed by atoms with E-state index in [-0.39, 0.29) is 17.4 Å². The Hall–Kier alpha value is -1.84. The molecule has 3 rings (SSSR count). The molecule has 0 saturated heterocycles. The third-order valence-corrected chi connectivity index (χ3v) is 4.43. The van der Waals surface area contributed by atoms with Crippen molar-refractivity contribution >= 4 is 11.5 Å². The van der Waals surface area contributed by atoms with E-state index >= 15 is 0 Å². The lowest BCUT2D eigenvalue weighted by Gasteiger charge is -2.36. The van der Waals surface area contributed by atoms with Gasteiger partial charge in [0.1, 0.15) is 11.5 Å². The fraction of sp³-hybridized carbons (Fsp3) is 0.529. The van der Waals surface area contributed by atoms with Gasteiger partial charge in [-0.15, -0.1) is 0 Å². The molecule has 21 heavy (non-hydrogen) atoms. The Kier molecular flexibility index (Phi) is 3.47. The van der Waals surface area contributed by atoms with Gasteiger partial charge in [-0.2, -0.15) is 5.10 Å². The topological polar surface area (TPSA) is 50.7 Å². The van der Waals surface area contributed by atoms with Crippen molar-refractivity contribution in [2.24, 2.45) is 16.4 Å². The maximum Gasteiger partial charge on any atom is 0.144 e. The molecular formula is C17H22N2O2. The summed E-state index contributed by atoms with van der Waals surface area (Å²) in [5, 5.41) is 4.45. The monoisotopic (exact) mass is 286 g/mol. The number of methoxy groups -OCH3 is 1. The van der Waals surface area contributed by atoms with Crippen molar-refractivity contribution in [2.45, 2.75) is 39.2 Å². The van der Waals surface area contributed by atoms with E-state index in [0.29, 0.717) is 18.6 Å². The number of rotatable bonds is 3. The summed E-state index contributed by atoms with van der Waals surface area (Å²) in [5.74, 6) is 1.11. The zero-order valence-corrected chi connectivity index (χ0v) is 12.8. The Morgan fingerprint density at radius 3 is 3.00 bits per heavy atom. The van der Waals surface area contributed by atoms with Crippen LogP contribution in [0.5, 0.6) is 5.75 Å². The number of benzene rings is 1. The van der Waals surface area contributed by atoms with Crippen molar-refractivity contribution in [3.05, 3.63) is 29.8 Å². The van der Waals surface area contributed by atoms with E-state index < -0.39 is 0 Å². The van der Waals surface area contributed by atoms with Crippen LogP contribution in [0.1, 0.15) is 32.3 Å². The number of ether oxygens (including phenoxy) is 1. The van der Waals surface area contributed by atoms with Gasteiger partial charge in [-0.05, 0) is 29.5 Å². The van der Waals surface area contributed by atoms with Crippen molar-refractivity contribution in [1.82, 2.24) is 5.43 Å².